The fourth-order valence-corrected chi connectivity index (χ4v) is 3.34. The van der Waals surface area contributed by atoms with Crippen molar-refractivity contribution >= 4 is 32.9 Å². The summed E-state index contributed by atoms with van der Waals surface area (Å²) in [5.74, 6) is 0.00935. The first kappa shape index (κ1) is 12.9. The molecule has 3 rings (SSSR count). The van der Waals surface area contributed by atoms with Gasteiger partial charge in [0.15, 0.2) is 5.78 Å². The third-order valence-electron chi connectivity index (χ3n) is 3.65. The second-order valence-electron chi connectivity index (χ2n) is 4.91. The van der Waals surface area contributed by atoms with Gasteiger partial charge in [0.25, 0.3) is 0 Å². The first-order valence-corrected chi connectivity index (χ1v) is 7.28. The normalized spacial score (nSPS) is 10.9. The molecule has 0 bridgehead atoms. The molecule has 0 atom stereocenters. The predicted octanol–water partition coefficient (Wildman–Crippen LogP) is 4.33. The van der Waals surface area contributed by atoms with Crippen LogP contribution in [-0.4, -0.2) is 5.78 Å². The lowest BCUT2D eigenvalue weighted by Crippen LogP contribution is -2.04. The van der Waals surface area contributed by atoms with Crippen molar-refractivity contribution in [1.82, 2.24) is 0 Å². The third-order valence-corrected chi connectivity index (χ3v) is 4.69. The summed E-state index contributed by atoms with van der Waals surface area (Å²) >= 11 is 1.48. The van der Waals surface area contributed by atoms with Crippen LogP contribution in [0.4, 0.5) is 5.00 Å². The van der Waals surface area contributed by atoms with Crippen molar-refractivity contribution in [2.75, 3.05) is 5.73 Å². The number of hydrogen-bond acceptors (Lipinski definition) is 3. The van der Waals surface area contributed by atoms with Crippen LogP contribution in [-0.2, 0) is 0 Å². The zero-order chi connectivity index (χ0) is 14.3. The first-order chi connectivity index (χ1) is 9.58. The molecule has 3 heteroatoms. The third kappa shape index (κ3) is 2.00. The van der Waals surface area contributed by atoms with E-state index >= 15 is 0 Å². The van der Waals surface area contributed by atoms with Crippen molar-refractivity contribution < 1.29 is 4.79 Å². The van der Waals surface area contributed by atoms with E-state index in [1.165, 1.54) is 11.3 Å². The molecule has 1 aromatic heterocycles. The van der Waals surface area contributed by atoms with Crippen LogP contribution in [0.1, 0.15) is 26.4 Å². The average molecular weight is 281 g/mol. The van der Waals surface area contributed by atoms with Gasteiger partial charge in [-0.2, -0.15) is 0 Å². The van der Waals surface area contributed by atoms with Gasteiger partial charge in [-0.15, -0.1) is 11.3 Å². The van der Waals surface area contributed by atoms with Gasteiger partial charge in [0, 0.05) is 10.4 Å². The molecule has 0 saturated heterocycles. The molecule has 2 nitrogen and oxygen atoms in total. The highest BCUT2D eigenvalue weighted by atomic mass is 32.1. The minimum Gasteiger partial charge on any atom is -0.390 e. The number of rotatable bonds is 2. The lowest BCUT2D eigenvalue weighted by Gasteiger charge is -2.04. The number of hydrogen-bond donors (Lipinski definition) is 1. The van der Waals surface area contributed by atoms with Crippen molar-refractivity contribution in [2.24, 2.45) is 0 Å². The van der Waals surface area contributed by atoms with E-state index in [2.05, 4.69) is 0 Å². The monoisotopic (exact) mass is 281 g/mol. The van der Waals surface area contributed by atoms with E-state index in [1.807, 2.05) is 56.3 Å². The molecule has 3 aromatic rings. The van der Waals surface area contributed by atoms with Crippen LogP contribution >= 0.6 is 11.3 Å². The number of carbonyl (C=O) groups excluding carboxylic acids is 1. The van der Waals surface area contributed by atoms with E-state index in [9.17, 15) is 4.79 Å². The molecule has 0 aliphatic rings. The standard InChI is InChI=1S/C17H15NOS/c1-10-11(2)20-17(18)15(10)16(19)14-8-7-12-5-3-4-6-13(12)9-14/h3-9H,18H2,1-2H3. The first-order valence-electron chi connectivity index (χ1n) is 6.47. The number of carbonyl (C=O) groups is 1. The fraction of sp³-hybridized carbons (Fsp3) is 0.118. The van der Waals surface area contributed by atoms with Crippen molar-refractivity contribution in [3.63, 3.8) is 0 Å². The number of nitrogen functional groups attached to an aromatic ring is 1. The van der Waals surface area contributed by atoms with Crippen LogP contribution in [0.3, 0.4) is 0 Å². The number of thiophene rings is 1. The summed E-state index contributed by atoms with van der Waals surface area (Å²) in [6.45, 7) is 3.95. The largest absolute Gasteiger partial charge is 0.390 e. The summed E-state index contributed by atoms with van der Waals surface area (Å²) in [5.41, 5.74) is 8.33. The van der Waals surface area contributed by atoms with E-state index in [-0.39, 0.29) is 5.78 Å². The molecular weight excluding hydrogens is 266 g/mol. The zero-order valence-corrected chi connectivity index (χ0v) is 12.3. The van der Waals surface area contributed by atoms with Gasteiger partial charge < -0.3 is 5.73 Å². The quantitative estimate of drug-likeness (QED) is 0.710. The molecule has 0 aliphatic heterocycles. The van der Waals surface area contributed by atoms with Crippen molar-refractivity contribution in [3.05, 3.63) is 64.0 Å². The number of nitrogens with two attached hydrogens (primary N) is 1. The van der Waals surface area contributed by atoms with Crippen LogP contribution in [0.5, 0.6) is 0 Å². The summed E-state index contributed by atoms with van der Waals surface area (Å²) in [4.78, 5) is 13.8. The van der Waals surface area contributed by atoms with E-state index in [0.29, 0.717) is 16.1 Å². The molecule has 0 amide bonds. The van der Waals surface area contributed by atoms with Crippen molar-refractivity contribution in [1.29, 1.82) is 0 Å². The van der Waals surface area contributed by atoms with Crippen LogP contribution in [0, 0.1) is 13.8 Å². The van der Waals surface area contributed by atoms with Gasteiger partial charge in [-0.25, -0.2) is 0 Å². The Morgan fingerprint density at radius 1 is 1.05 bits per heavy atom. The second-order valence-corrected chi connectivity index (χ2v) is 6.17. The highest BCUT2D eigenvalue weighted by molar-refractivity contribution is 7.16. The number of ketones is 1. The molecule has 0 aliphatic carbocycles. The molecule has 1 heterocycles. The summed E-state index contributed by atoms with van der Waals surface area (Å²) in [6.07, 6.45) is 0. The Kier molecular flexibility index (Phi) is 3.07. The number of benzene rings is 2. The van der Waals surface area contributed by atoms with Crippen molar-refractivity contribution in [3.8, 4) is 0 Å². The Balaban J connectivity index is 2.12. The summed E-state index contributed by atoms with van der Waals surface area (Å²) < 4.78 is 0. The zero-order valence-electron chi connectivity index (χ0n) is 11.4. The molecule has 100 valence electrons. The maximum Gasteiger partial charge on any atom is 0.196 e. The van der Waals surface area contributed by atoms with Crippen LogP contribution in [0.25, 0.3) is 10.8 Å². The highest BCUT2D eigenvalue weighted by Gasteiger charge is 2.19. The van der Waals surface area contributed by atoms with Crippen LogP contribution < -0.4 is 5.73 Å². The van der Waals surface area contributed by atoms with Gasteiger partial charge in [0.2, 0.25) is 0 Å². The summed E-state index contributed by atoms with van der Waals surface area (Å²) in [5, 5.41) is 2.81. The second kappa shape index (κ2) is 4.76. The fourth-order valence-electron chi connectivity index (χ4n) is 2.41. The van der Waals surface area contributed by atoms with Crippen molar-refractivity contribution in [2.45, 2.75) is 13.8 Å². The van der Waals surface area contributed by atoms with Gasteiger partial charge in [-0.05, 0) is 36.2 Å². The lowest BCUT2D eigenvalue weighted by molar-refractivity contribution is 0.103. The van der Waals surface area contributed by atoms with Crippen LogP contribution in [0.15, 0.2) is 42.5 Å². The average Bonchev–Trinajstić information content (AvgIpc) is 2.71. The Labute approximate surface area is 121 Å². The summed E-state index contributed by atoms with van der Waals surface area (Å²) in [6, 6.07) is 13.8. The minimum atomic E-state index is 0.00935. The number of anilines is 1. The maximum atomic E-state index is 12.7. The van der Waals surface area contributed by atoms with E-state index < -0.39 is 0 Å². The number of fused-ring (bicyclic) bond motifs is 1. The van der Waals surface area contributed by atoms with Gasteiger partial charge >= 0.3 is 0 Å². The summed E-state index contributed by atoms with van der Waals surface area (Å²) in [7, 11) is 0. The Morgan fingerprint density at radius 3 is 2.40 bits per heavy atom. The SMILES string of the molecule is Cc1sc(N)c(C(=O)c2ccc3ccccc3c2)c1C. The molecule has 0 unspecified atom stereocenters. The smallest absolute Gasteiger partial charge is 0.196 e. The molecule has 0 radical (unpaired) electrons. The molecular formula is C17H15NOS. The lowest BCUT2D eigenvalue weighted by atomic mass is 9.98. The maximum absolute atomic E-state index is 12.7. The molecule has 2 aromatic carbocycles. The molecule has 0 saturated carbocycles. The minimum absolute atomic E-state index is 0.00935. The Morgan fingerprint density at radius 2 is 1.75 bits per heavy atom. The van der Waals surface area contributed by atoms with Gasteiger partial charge in [-0.1, -0.05) is 36.4 Å². The molecule has 2 N–H and O–H groups in total. The van der Waals surface area contributed by atoms with Gasteiger partial charge in [0.05, 0.1) is 10.6 Å². The van der Waals surface area contributed by atoms with Gasteiger partial charge in [0.1, 0.15) is 0 Å². The van der Waals surface area contributed by atoms with E-state index in [0.717, 1.165) is 21.2 Å². The van der Waals surface area contributed by atoms with Gasteiger partial charge in [-0.3, -0.25) is 4.79 Å². The molecule has 0 fully saturated rings. The Bertz CT molecular complexity index is 817. The topological polar surface area (TPSA) is 43.1 Å². The molecule has 0 spiro atoms. The van der Waals surface area contributed by atoms with E-state index in [1.54, 1.807) is 0 Å². The van der Waals surface area contributed by atoms with E-state index in [4.69, 9.17) is 5.73 Å². The number of aryl methyl sites for hydroxylation is 1. The van der Waals surface area contributed by atoms with Crippen LogP contribution in [0.2, 0.25) is 0 Å². The highest BCUT2D eigenvalue weighted by Crippen LogP contribution is 2.32. The Hall–Kier alpha value is -2.13. The molecule has 20 heavy (non-hydrogen) atoms. The predicted molar refractivity (Wildman–Crippen MR) is 85.6 cm³/mol.